The van der Waals surface area contributed by atoms with Gasteiger partial charge in [-0.25, -0.2) is 0 Å². The van der Waals surface area contributed by atoms with E-state index in [1.54, 1.807) is 0 Å². The topological polar surface area (TPSA) is 60.4 Å². The van der Waals surface area contributed by atoms with Gasteiger partial charge in [0, 0.05) is 17.5 Å². The molecule has 1 saturated heterocycles. The summed E-state index contributed by atoms with van der Waals surface area (Å²) in [5.74, 6) is -0.807. The van der Waals surface area contributed by atoms with Crippen LogP contribution in [0.4, 0.5) is 0 Å². The van der Waals surface area contributed by atoms with Gasteiger partial charge in [-0.2, -0.15) is 0 Å². The molecule has 4 heteroatoms. The van der Waals surface area contributed by atoms with Crippen LogP contribution in [0.2, 0.25) is 0 Å². The van der Waals surface area contributed by atoms with Crippen molar-refractivity contribution in [3.8, 4) is 0 Å². The lowest BCUT2D eigenvalue weighted by Gasteiger charge is -2.37. The first-order valence-electron chi connectivity index (χ1n) is 10.5. The van der Waals surface area contributed by atoms with Crippen molar-refractivity contribution in [1.82, 2.24) is 5.06 Å². The predicted molar refractivity (Wildman–Crippen MR) is 102 cm³/mol. The Labute approximate surface area is 154 Å². The maximum Gasteiger partial charge on any atom is 0.303 e. The average molecular weight is 355 g/mol. The van der Waals surface area contributed by atoms with Crippen molar-refractivity contribution in [3.63, 3.8) is 0 Å². The van der Waals surface area contributed by atoms with E-state index in [-0.39, 0.29) is 12.0 Å². The van der Waals surface area contributed by atoms with Gasteiger partial charge in [0.2, 0.25) is 0 Å². The highest BCUT2D eigenvalue weighted by Crippen LogP contribution is 2.44. The molecule has 2 atom stereocenters. The van der Waals surface area contributed by atoms with Crippen molar-refractivity contribution < 1.29 is 15.1 Å². The van der Waals surface area contributed by atoms with E-state index in [0.29, 0.717) is 6.42 Å². The normalized spacial score (nSPS) is 27.0. The Hall–Kier alpha value is -0.610. The minimum atomic E-state index is -0.807. The second-order valence-corrected chi connectivity index (χ2v) is 8.61. The van der Waals surface area contributed by atoms with Crippen LogP contribution in [0.25, 0.3) is 0 Å². The predicted octanol–water partition coefficient (Wildman–Crippen LogP) is 6.12. The number of carboxylic acid groups (broad SMARTS) is 1. The molecule has 0 aromatic rings. The van der Waals surface area contributed by atoms with Crippen LogP contribution in [0, 0.1) is 0 Å². The molecule has 0 aromatic carbocycles. The summed E-state index contributed by atoms with van der Waals surface area (Å²) in [5, 5.41) is 22.9. The number of hydroxylamine groups is 2. The maximum absolute atomic E-state index is 12.8. The summed E-state index contributed by atoms with van der Waals surface area (Å²) in [5.41, 5.74) is -0.793. The molecule has 0 aliphatic carbocycles. The summed E-state index contributed by atoms with van der Waals surface area (Å²) < 4.78 is 0. The lowest BCUT2D eigenvalue weighted by Crippen LogP contribution is -2.48. The molecule has 1 aliphatic rings. The molecule has 0 saturated carbocycles. The molecule has 0 amide bonds. The second kappa shape index (κ2) is 11.2. The average Bonchev–Trinajstić information content (AvgIpc) is 2.80. The zero-order valence-corrected chi connectivity index (χ0v) is 16.8. The summed E-state index contributed by atoms with van der Waals surface area (Å²) in [6, 6.07) is 0. The Morgan fingerprint density at radius 2 is 1.28 bits per heavy atom. The summed E-state index contributed by atoms with van der Waals surface area (Å²) >= 11 is 0. The number of hydrogen-bond donors (Lipinski definition) is 1. The fourth-order valence-corrected chi connectivity index (χ4v) is 4.22. The zero-order chi connectivity index (χ0) is 18.8. The number of hydrogen-bond acceptors (Lipinski definition) is 2. The van der Waals surface area contributed by atoms with E-state index in [1.165, 1.54) is 62.9 Å². The van der Waals surface area contributed by atoms with Crippen molar-refractivity contribution in [1.29, 1.82) is 0 Å². The van der Waals surface area contributed by atoms with Crippen molar-refractivity contribution in [2.45, 2.75) is 128 Å². The van der Waals surface area contributed by atoms with Gasteiger partial charge >= 0.3 is 5.97 Å². The smallest absolute Gasteiger partial charge is 0.303 e. The van der Waals surface area contributed by atoms with Crippen LogP contribution in [-0.2, 0) is 10.0 Å². The van der Waals surface area contributed by atoms with Crippen LogP contribution in [-0.4, -0.2) is 27.2 Å². The van der Waals surface area contributed by atoms with E-state index in [9.17, 15) is 10.0 Å². The number of nitrogens with zero attached hydrogens (tertiary/aromatic N) is 1. The first-order valence-corrected chi connectivity index (χ1v) is 10.5. The Morgan fingerprint density at radius 3 is 1.76 bits per heavy atom. The quantitative estimate of drug-likeness (QED) is 0.382. The molecule has 1 N–H and O–H groups in total. The van der Waals surface area contributed by atoms with E-state index >= 15 is 0 Å². The van der Waals surface area contributed by atoms with Crippen LogP contribution in [0.15, 0.2) is 0 Å². The standard InChI is InChI=1S/C21H40NO3/c1-4-5-6-7-8-9-10-11-12-13-15-20(2)17-18-21(3,22(20)25)16-14-19(23)24/h4-18H2,1-3H3,(H,23,24). The van der Waals surface area contributed by atoms with E-state index in [4.69, 9.17) is 5.11 Å². The first-order chi connectivity index (χ1) is 11.8. The van der Waals surface area contributed by atoms with Crippen molar-refractivity contribution in [3.05, 3.63) is 0 Å². The number of rotatable bonds is 14. The number of aliphatic carboxylic acids is 1. The Balaban J connectivity index is 2.16. The van der Waals surface area contributed by atoms with Gasteiger partial charge in [0.25, 0.3) is 0 Å². The van der Waals surface area contributed by atoms with Crippen LogP contribution >= 0.6 is 0 Å². The second-order valence-electron chi connectivity index (χ2n) is 8.61. The summed E-state index contributed by atoms with van der Waals surface area (Å²) in [7, 11) is 0. The van der Waals surface area contributed by atoms with Crippen molar-refractivity contribution in [2.24, 2.45) is 0 Å². The molecule has 1 aliphatic heterocycles. The van der Waals surface area contributed by atoms with Gasteiger partial charge in [0.1, 0.15) is 0 Å². The van der Waals surface area contributed by atoms with Gasteiger partial charge in [0.05, 0.1) is 0 Å². The van der Waals surface area contributed by atoms with E-state index < -0.39 is 11.5 Å². The van der Waals surface area contributed by atoms with Gasteiger partial charge in [-0.15, -0.1) is 10.3 Å². The number of carboxylic acids is 1. The molecule has 1 rings (SSSR count). The van der Waals surface area contributed by atoms with Crippen LogP contribution in [0.3, 0.4) is 0 Å². The number of unbranched alkanes of at least 4 members (excludes halogenated alkanes) is 9. The first kappa shape index (κ1) is 22.4. The van der Waals surface area contributed by atoms with E-state index in [0.717, 1.165) is 25.7 Å². The van der Waals surface area contributed by atoms with Crippen LogP contribution in [0.1, 0.15) is 117 Å². The summed E-state index contributed by atoms with van der Waals surface area (Å²) in [4.78, 5) is 10.8. The molecule has 0 aromatic heterocycles. The molecule has 1 radical (unpaired) electrons. The molecule has 0 bridgehead atoms. The SMILES string of the molecule is CCCCCCCCCCCCC1(C)CCC(C)(CCC(=O)O)N1[O]. The fourth-order valence-electron chi connectivity index (χ4n) is 4.22. The molecule has 1 heterocycles. The van der Waals surface area contributed by atoms with Gasteiger partial charge in [0.15, 0.2) is 0 Å². The molecule has 1 fully saturated rings. The Kier molecular flexibility index (Phi) is 10.0. The van der Waals surface area contributed by atoms with Crippen LogP contribution < -0.4 is 0 Å². The Bertz CT molecular complexity index is 387. The largest absolute Gasteiger partial charge is 0.481 e. The molecular formula is C21H40NO3. The molecular weight excluding hydrogens is 314 g/mol. The maximum atomic E-state index is 12.8. The van der Waals surface area contributed by atoms with Gasteiger partial charge < -0.3 is 5.11 Å². The molecule has 25 heavy (non-hydrogen) atoms. The highest BCUT2D eigenvalue weighted by Gasteiger charge is 2.50. The minimum Gasteiger partial charge on any atom is -0.481 e. The summed E-state index contributed by atoms with van der Waals surface area (Å²) in [6.45, 7) is 6.26. The summed E-state index contributed by atoms with van der Waals surface area (Å²) in [6.07, 6.45) is 16.3. The Morgan fingerprint density at radius 1 is 0.840 bits per heavy atom. The molecule has 147 valence electrons. The number of carbonyl (C=O) groups is 1. The third-order valence-corrected chi connectivity index (χ3v) is 6.13. The molecule has 2 unspecified atom stereocenters. The lowest BCUT2D eigenvalue weighted by molar-refractivity contribution is -0.256. The van der Waals surface area contributed by atoms with Crippen molar-refractivity contribution >= 4 is 5.97 Å². The highest BCUT2D eigenvalue weighted by atomic mass is 16.5. The van der Waals surface area contributed by atoms with Gasteiger partial charge in [-0.3, -0.25) is 4.79 Å². The monoisotopic (exact) mass is 354 g/mol. The lowest BCUT2D eigenvalue weighted by atomic mass is 9.91. The fraction of sp³-hybridized carbons (Fsp3) is 0.952. The van der Waals surface area contributed by atoms with E-state index in [2.05, 4.69) is 13.8 Å². The minimum absolute atomic E-state index is 0.0869. The van der Waals surface area contributed by atoms with Gasteiger partial charge in [-0.05, 0) is 39.5 Å². The van der Waals surface area contributed by atoms with Crippen molar-refractivity contribution in [2.75, 3.05) is 0 Å². The van der Waals surface area contributed by atoms with Crippen LogP contribution in [0.5, 0.6) is 0 Å². The van der Waals surface area contributed by atoms with Gasteiger partial charge in [-0.1, -0.05) is 71.1 Å². The molecule has 0 spiro atoms. The van der Waals surface area contributed by atoms with E-state index in [1.807, 2.05) is 6.92 Å². The third kappa shape index (κ3) is 7.65. The third-order valence-electron chi connectivity index (χ3n) is 6.13. The zero-order valence-electron chi connectivity index (χ0n) is 16.8. The highest BCUT2D eigenvalue weighted by molar-refractivity contribution is 5.66. The molecule has 4 nitrogen and oxygen atoms in total.